The van der Waals surface area contributed by atoms with Crippen molar-refractivity contribution >= 4 is 34.6 Å². The Morgan fingerprint density at radius 3 is 2.71 bits per heavy atom. The second kappa shape index (κ2) is 7.29. The first-order valence-corrected chi connectivity index (χ1v) is 7.31. The van der Waals surface area contributed by atoms with E-state index in [1.54, 1.807) is 7.11 Å². The minimum Gasteiger partial charge on any atom is -0.496 e. The summed E-state index contributed by atoms with van der Waals surface area (Å²) in [5.41, 5.74) is 2.95. The SMILES string of the molecule is COc1ccccc1CNC(=S)Nc1ccc(C)c(Cl)c1. The lowest BCUT2D eigenvalue weighted by atomic mass is 10.2. The van der Waals surface area contributed by atoms with E-state index >= 15 is 0 Å². The zero-order valence-electron chi connectivity index (χ0n) is 11.9. The summed E-state index contributed by atoms with van der Waals surface area (Å²) in [6.45, 7) is 2.56. The van der Waals surface area contributed by atoms with E-state index in [9.17, 15) is 0 Å². The van der Waals surface area contributed by atoms with Gasteiger partial charge in [-0.2, -0.15) is 0 Å². The molecule has 0 bridgehead atoms. The molecule has 5 heteroatoms. The lowest BCUT2D eigenvalue weighted by molar-refractivity contribution is 0.409. The average Bonchev–Trinajstić information content (AvgIpc) is 2.49. The number of aryl methyl sites for hydroxylation is 1. The Morgan fingerprint density at radius 2 is 2.00 bits per heavy atom. The molecule has 0 fully saturated rings. The van der Waals surface area contributed by atoms with E-state index in [1.807, 2.05) is 49.4 Å². The second-order valence-corrected chi connectivity index (χ2v) is 5.40. The summed E-state index contributed by atoms with van der Waals surface area (Å²) in [4.78, 5) is 0. The summed E-state index contributed by atoms with van der Waals surface area (Å²) in [5, 5.41) is 7.52. The molecule has 0 saturated carbocycles. The molecule has 2 N–H and O–H groups in total. The Labute approximate surface area is 135 Å². The first-order chi connectivity index (χ1) is 10.1. The quantitative estimate of drug-likeness (QED) is 0.829. The van der Waals surface area contributed by atoms with Crippen LogP contribution in [0.2, 0.25) is 5.02 Å². The van der Waals surface area contributed by atoms with Gasteiger partial charge in [-0.3, -0.25) is 0 Å². The van der Waals surface area contributed by atoms with Gasteiger partial charge in [-0.1, -0.05) is 35.9 Å². The van der Waals surface area contributed by atoms with Crippen molar-refractivity contribution in [2.24, 2.45) is 0 Å². The van der Waals surface area contributed by atoms with Crippen molar-refractivity contribution in [1.82, 2.24) is 5.32 Å². The number of methoxy groups -OCH3 is 1. The predicted octanol–water partition coefficient (Wildman–Crippen LogP) is 4.14. The number of ether oxygens (including phenoxy) is 1. The molecule has 2 aromatic rings. The number of thiocarbonyl (C=S) groups is 1. The van der Waals surface area contributed by atoms with Gasteiger partial charge in [0.15, 0.2) is 5.11 Å². The second-order valence-electron chi connectivity index (χ2n) is 4.58. The molecule has 110 valence electrons. The number of halogens is 1. The van der Waals surface area contributed by atoms with Gasteiger partial charge in [-0.15, -0.1) is 0 Å². The van der Waals surface area contributed by atoms with E-state index in [-0.39, 0.29) is 0 Å². The molecule has 0 radical (unpaired) electrons. The molecule has 2 aromatic carbocycles. The first-order valence-electron chi connectivity index (χ1n) is 6.53. The van der Waals surface area contributed by atoms with E-state index in [0.29, 0.717) is 16.7 Å². The number of rotatable bonds is 4. The number of anilines is 1. The fraction of sp³-hybridized carbons (Fsp3) is 0.188. The van der Waals surface area contributed by atoms with E-state index in [4.69, 9.17) is 28.6 Å². The molecule has 3 nitrogen and oxygen atoms in total. The van der Waals surface area contributed by atoms with Gasteiger partial charge >= 0.3 is 0 Å². The maximum atomic E-state index is 6.09. The zero-order chi connectivity index (χ0) is 15.2. The van der Waals surface area contributed by atoms with Gasteiger partial charge in [-0.05, 0) is 42.9 Å². The van der Waals surface area contributed by atoms with Crippen LogP contribution in [0.5, 0.6) is 5.75 Å². The molecule has 0 spiro atoms. The third-order valence-electron chi connectivity index (χ3n) is 3.06. The Hall–Kier alpha value is -1.78. The van der Waals surface area contributed by atoms with Crippen LogP contribution in [0.15, 0.2) is 42.5 Å². The van der Waals surface area contributed by atoms with Crippen LogP contribution in [0.25, 0.3) is 0 Å². The highest BCUT2D eigenvalue weighted by molar-refractivity contribution is 7.80. The van der Waals surface area contributed by atoms with Gasteiger partial charge in [0.25, 0.3) is 0 Å². The molecular weight excluding hydrogens is 304 g/mol. The van der Waals surface area contributed by atoms with Gasteiger partial charge in [0.1, 0.15) is 5.75 Å². The van der Waals surface area contributed by atoms with Crippen LogP contribution in [0, 0.1) is 6.92 Å². The zero-order valence-corrected chi connectivity index (χ0v) is 13.5. The first kappa shape index (κ1) is 15.6. The number of benzene rings is 2. The largest absolute Gasteiger partial charge is 0.496 e. The Balaban J connectivity index is 1.94. The standard InChI is InChI=1S/C16H17ClN2OS/c1-11-7-8-13(9-14(11)17)19-16(21)18-10-12-5-3-4-6-15(12)20-2/h3-9H,10H2,1-2H3,(H2,18,19,21). The van der Waals surface area contributed by atoms with Crippen LogP contribution >= 0.6 is 23.8 Å². The fourth-order valence-corrected chi connectivity index (χ4v) is 2.24. The van der Waals surface area contributed by atoms with Crippen LogP contribution in [-0.2, 0) is 6.54 Å². The number of hydrogen-bond acceptors (Lipinski definition) is 2. The molecule has 0 saturated heterocycles. The summed E-state index contributed by atoms with van der Waals surface area (Å²) in [6.07, 6.45) is 0. The fourth-order valence-electron chi connectivity index (χ4n) is 1.87. The van der Waals surface area contributed by atoms with Gasteiger partial charge < -0.3 is 15.4 Å². The third kappa shape index (κ3) is 4.34. The maximum absolute atomic E-state index is 6.09. The van der Waals surface area contributed by atoms with Crippen LogP contribution in [0.3, 0.4) is 0 Å². The van der Waals surface area contributed by atoms with Crippen molar-refractivity contribution in [3.8, 4) is 5.75 Å². The lowest BCUT2D eigenvalue weighted by Gasteiger charge is -2.13. The number of para-hydroxylation sites is 1. The van der Waals surface area contributed by atoms with Gasteiger partial charge in [0, 0.05) is 22.8 Å². The molecule has 0 atom stereocenters. The molecule has 0 aliphatic rings. The highest BCUT2D eigenvalue weighted by Gasteiger charge is 2.04. The smallest absolute Gasteiger partial charge is 0.171 e. The van der Waals surface area contributed by atoms with E-state index in [2.05, 4.69) is 10.6 Å². The van der Waals surface area contributed by atoms with E-state index in [1.165, 1.54) is 0 Å². The van der Waals surface area contributed by atoms with Crippen molar-refractivity contribution in [3.05, 3.63) is 58.6 Å². The summed E-state index contributed by atoms with van der Waals surface area (Å²) in [6, 6.07) is 13.6. The summed E-state index contributed by atoms with van der Waals surface area (Å²) >= 11 is 11.4. The van der Waals surface area contributed by atoms with Crippen LogP contribution in [0.4, 0.5) is 5.69 Å². The molecule has 21 heavy (non-hydrogen) atoms. The minimum absolute atomic E-state index is 0.542. The molecule has 0 aliphatic carbocycles. The molecule has 0 aliphatic heterocycles. The lowest BCUT2D eigenvalue weighted by Crippen LogP contribution is -2.28. The molecule has 0 unspecified atom stereocenters. The summed E-state index contributed by atoms with van der Waals surface area (Å²) in [5.74, 6) is 0.839. The Kier molecular flexibility index (Phi) is 5.42. The predicted molar refractivity (Wildman–Crippen MR) is 92.2 cm³/mol. The number of nitrogens with one attached hydrogen (secondary N) is 2. The van der Waals surface area contributed by atoms with Crippen LogP contribution in [0.1, 0.15) is 11.1 Å². The van der Waals surface area contributed by atoms with Crippen molar-refractivity contribution < 1.29 is 4.74 Å². The molecular formula is C16H17ClN2OS. The summed E-state index contributed by atoms with van der Waals surface area (Å²) < 4.78 is 5.30. The molecule has 0 amide bonds. The Bertz CT molecular complexity index is 646. The normalized spacial score (nSPS) is 10.0. The van der Waals surface area contributed by atoms with E-state index < -0.39 is 0 Å². The van der Waals surface area contributed by atoms with Crippen molar-refractivity contribution in [1.29, 1.82) is 0 Å². The van der Waals surface area contributed by atoms with Crippen molar-refractivity contribution in [2.75, 3.05) is 12.4 Å². The van der Waals surface area contributed by atoms with Gasteiger partial charge in [0.05, 0.1) is 7.11 Å². The molecule has 2 rings (SSSR count). The van der Waals surface area contributed by atoms with Crippen molar-refractivity contribution in [3.63, 3.8) is 0 Å². The Morgan fingerprint density at radius 1 is 1.24 bits per heavy atom. The highest BCUT2D eigenvalue weighted by Crippen LogP contribution is 2.20. The maximum Gasteiger partial charge on any atom is 0.171 e. The summed E-state index contributed by atoms with van der Waals surface area (Å²) in [7, 11) is 1.66. The number of hydrogen-bond donors (Lipinski definition) is 2. The molecule has 0 heterocycles. The topological polar surface area (TPSA) is 33.3 Å². The third-order valence-corrected chi connectivity index (χ3v) is 3.72. The minimum atomic E-state index is 0.542. The van der Waals surface area contributed by atoms with Crippen LogP contribution < -0.4 is 15.4 Å². The van der Waals surface area contributed by atoms with Crippen LogP contribution in [-0.4, -0.2) is 12.2 Å². The van der Waals surface area contributed by atoms with Gasteiger partial charge in [0.2, 0.25) is 0 Å². The van der Waals surface area contributed by atoms with Gasteiger partial charge in [-0.25, -0.2) is 0 Å². The van der Waals surface area contributed by atoms with E-state index in [0.717, 1.165) is 22.6 Å². The monoisotopic (exact) mass is 320 g/mol. The average molecular weight is 321 g/mol. The molecule has 0 aromatic heterocycles. The highest BCUT2D eigenvalue weighted by atomic mass is 35.5. The van der Waals surface area contributed by atoms with Crippen molar-refractivity contribution in [2.45, 2.75) is 13.5 Å².